The Labute approximate surface area is 181 Å². The Kier molecular flexibility index (Phi) is 6.40. The maximum Gasteiger partial charge on any atom is 0.224 e. The van der Waals surface area contributed by atoms with Gasteiger partial charge in [0.15, 0.2) is 0 Å². The third kappa shape index (κ3) is 4.99. The molecule has 7 nitrogen and oxygen atoms in total. The van der Waals surface area contributed by atoms with E-state index in [1.807, 2.05) is 35.2 Å². The second-order valence-electron chi connectivity index (χ2n) is 7.60. The quantitative estimate of drug-likeness (QED) is 0.635. The molecule has 0 radical (unpaired) electrons. The highest BCUT2D eigenvalue weighted by molar-refractivity contribution is 5.88. The van der Waals surface area contributed by atoms with Crippen molar-refractivity contribution < 1.29 is 18.7 Å². The number of ether oxygens (including phenoxy) is 1. The normalized spacial score (nSPS) is 14.0. The van der Waals surface area contributed by atoms with Gasteiger partial charge in [-0.3, -0.25) is 9.59 Å². The number of nitrogens with one attached hydrogen (secondary N) is 1. The number of furan rings is 1. The molecule has 2 heterocycles. The molecule has 0 aliphatic carbocycles. The molecule has 0 saturated carbocycles. The molecule has 7 heteroatoms. The van der Waals surface area contributed by atoms with E-state index in [4.69, 9.17) is 9.15 Å². The van der Waals surface area contributed by atoms with E-state index in [0.29, 0.717) is 37.4 Å². The largest absolute Gasteiger partial charge is 0.497 e. The van der Waals surface area contributed by atoms with Crippen molar-refractivity contribution in [3.63, 3.8) is 0 Å². The van der Waals surface area contributed by atoms with Crippen LogP contribution in [-0.2, 0) is 16.0 Å². The van der Waals surface area contributed by atoms with Crippen LogP contribution in [0, 0.1) is 0 Å². The molecule has 1 saturated heterocycles. The lowest BCUT2D eigenvalue weighted by Gasteiger charge is -2.36. The lowest BCUT2D eigenvalue weighted by molar-refractivity contribution is -0.131. The van der Waals surface area contributed by atoms with Crippen LogP contribution in [0.5, 0.6) is 5.75 Å². The first-order valence-electron chi connectivity index (χ1n) is 10.5. The Balaban J connectivity index is 1.21. The monoisotopic (exact) mass is 421 g/mol. The number of carbonyl (C=O) groups is 2. The van der Waals surface area contributed by atoms with Crippen LogP contribution in [0.1, 0.15) is 12.0 Å². The zero-order valence-corrected chi connectivity index (χ0v) is 17.7. The van der Waals surface area contributed by atoms with Crippen LogP contribution in [-0.4, -0.2) is 56.5 Å². The number of hydrogen-bond donors (Lipinski definition) is 1. The van der Waals surface area contributed by atoms with E-state index >= 15 is 0 Å². The van der Waals surface area contributed by atoms with Gasteiger partial charge in [-0.2, -0.15) is 0 Å². The van der Waals surface area contributed by atoms with E-state index < -0.39 is 0 Å². The Morgan fingerprint density at radius 2 is 1.84 bits per heavy atom. The fourth-order valence-electron chi connectivity index (χ4n) is 3.88. The molecular formula is C24H27N3O4. The summed E-state index contributed by atoms with van der Waals surface area (Å²) >= 11 is 0. The minimum atomic E-state index is -0.125. The number of anilines is 1. The maximum absolute atomic E-state index is 12.5. The van der Waals surface area contributed by atoms with Gasteiger partial charge < -0.3 is 24.3 Å². The second kappa shape index (κ2) is 9.55. The summed E-state index contributed by atoms with van der Waals surface area (Å²) in [5.74, 6) is 0.662. The zero-order valence-electron chi connectivity index (χ0n) is 17.7. The molecule has 1 aromatic heterocycles. The van der Waals surface area contributed by atoms with Crippen molar-refractivity contribution in [3.8, 4) is 5.75 Å². The minimum Gasteiger partial charge on any atom is -0.497 e. The molecule has 0 spiro atoms. The topological polar surface area (TPSA) is 75.0 Å². The van der Waals surface area contributed by atoms with E-state index in [1.54, 1.807) is 19.4 Å². The number of benzene rings is 2. The van der Waals surface area contributed by atoms with E-state index in [9.17, 15) is 9.59 Å². The van der Waals surface area contributed by atoms with Crippen molar-refractivity contribution in [1.82, 2.24) is 10.2 Å². The summed E-state index contributed by atoms with van der Waals surface area (Å²) in [4.78, 5) is 29.0. The maximum atomic E-state index is 12.5. The van der Waals surface area contributed by atoms with Crippen molar-refractivity contribution in [2.45, 2.75) is 12.8 Å². The highest BCUT2D eigenvalue weighted by Crippen LogP contribution is 2.25. The first-order valence-corrected chi connectivity index (χ1v) is 10.5. The van der Waals surface area contributed by atoms with E-state index in [0.717, 1.165) is 24.0 Å². The molecule has 0 atom stereocenters. The average Bonchev–Trinajstić information content (AvgIpc) is 3.21. The van der Waals surface area contributed by atoms with Crippen LogP contribution in [0.2, 0.25) is 0 Å². The fraction of sp³-hybridized carbons (Fsp3) is 0.333. The predicted octanol–water partition coefficient (Wildman–Crippen LogP) is 2.84. The zero-order chi connectivity index (χ0) is 21.6. The summed E-state index contributed by atoms with van der Waals surface area (Å²) in [6.45, 7) is 3.37. The van der Waals surface area contributed by atoms with Crippen LogP contribution in [0.25, 0.3) is 11.0 Å². The second-order valence-corrected chi connectivity index (χ2v) is 7.60. The summed E-state index contributed by atoms with van der Waals surface area (Å²) in [6, 6.07) is 15.8. The van der Waals surface area contributed by atoms with Crippen molar-refractivity contribution in [2.75, 3.05) is 44.7 Å². The van der Waals surface area contributed by atoms with Crippen LogP contribution >= 0.6 is 0 Å². The number of amides is 2. The number of carbonyl (C=O) groups excluding carboxylic acids is 2. The molecule has 1 aliphatic heterocycles. The van der Waals surface area contributed by atoms with Crippen molar-refractivity contribution in [2.24, 2.45) is 0 Å². The number of methoxy groups -OCH3 is 1. The van der Waals surface area contributed by atoms with Crippen LogP contribution in [0.4, 0.5) is 5.69 Å². The molecule has 2 amide bonds. The Bertz CT molecular complexity index is 1040. The lowest BCUT2D eigenvalue weighted by atomic mass is 10.1. The van der Waals surface area contributed by atoms with Crippen LogP contribution in [0.15, 0.2) is 59.2 Å². The van der Waals surface area contributed by atoms with Crippen LogP contribution in [0.3, 0.4) is 0 Å². The average molecular weight is 421 g/mol. The molecule has 1 N–H and O–H groups in total. The molecule has 4 rings (SSSR count). The number of piperazine rings is 1. The summed E-state index contributed by atoms with van der Waals surface area (Å²) in [5, 5.41) is 3.74. The molecule has 3 aromatic rings. The molecule has 2 aromatic carbocycles. The molecule has 1 aliphatic rings. The minimum absolute atomic E-state index is 0.0777. The summed E-state index contributed by atoms with van der Waals surface area (Å²) in [7, 11) is 1.60. The van der Waals surface area contributed by atoms with Gasteiger partial charge >= 0.3 is 0 Å². The number of rotatable bonds is 7. The number of para-hydroxylation sites is 1. The Hall–Kier alpha value is -3.48. The Morgan fingerprint density at radius 1 is 1.06 bits per heavy atom. The summed E-state index contributed by atoms with van der Waals surface area (Å²) < 4.78 is 10.7. The third-order valence-electron chi connectivity index (χ3n) is 5.63. The van der Waals surface area contributed by atoms with Gasteiger partial charge in [0.1, 0.15) is 11.3 Å². The molecule has 0 bridgehead atoms. The van der Waals surface area contributed by atoms with Gasteiger partial charge in [-0.1, -0.05) is 18.2 Å². The highest BCUT2D eigenvalue weighted by atomic mass is 16.5. The number of hydrogen-bond acceptors (Lipinski definition) is 5. The first-order chi connectivity index (χ1) is 15.1. The van der Waals surface area contributed by atoms with Gasteiger partial charge in [0.2, 0.25) is 11.8 Å². The molecule has 0 unspecified atom stereocenters. The number of nitrogens with zero attached hydrogens (tertiary/aromatic N) is 2. The summed E-state index contributed by atoms with van der Waals surface area (Å²) in [6.07, 6.45) is 2.12. The van der Waals surface area contributed by atoms with E-state index in [2.05, 4.69) is 22.3 Å². The van der Waals surface area contributed by atoms with Gasteiger partial charge in [-0.25, -0.2) is 0 Å². The molecule has 162 valence electrons. The van der Waals surface area contributed by atoms with Gasteiger partial charge in [-0.15, -0.1) is 0 Å². The van der Waals surface area contributed by atoms with Crippen LogP contribution < -0.4 is 15.0 Å². The smallest absolute Gasteiger partial charge is 0.224 e. The SMILES string of the molecule is COc1ccc2c(CC(=O)NCCC(=O)N3CCN(c4ccccc4)CC3)coc2c1. The lowest BCUT2D eigenvalue weighted by Crippen LogP contribution is -2.49. The first kappa shape index (κ1) is 20.8. The highest BCUT2D eigenvalue weighted by Gasteiger charge is 2.21. The van der Waals surface area contributed by atoms with Gasteiger partial charge in [-0.05, 0) is 24.3 Å². The van der Waals surface area contributed by atoms with Gasteiger partial charge in [0.05, 0.1) is 19.8 Å². The van der Waals surface area contributed by atoms with Gasteiger partial charge in [0.25, 0.3) is 0 Å². The van der Waals surface area contributed by atoms with Crippen molar-refractivity contribution in [1.29, 1.82) is 0 Å². The van der Waals surface area contributed by atoms with E-state index in [1.165, 1.54) is 5.69 Å². The Morgan fingerprint density at radius 3 is 2.58 bits per heavy atom. The van der Waals surface area contributed by atoms with Crippen molar-refractivity contribution in [3.05, 3.63) is 60.4 Å². The van der Waals surface area contributed by atoms with Crippen molar-refractivity contribution >= 4 is 28.5 Å². The molecule has 1 fully saturated rings. The summed E-state index contributed by atoms with van der Waals surface area (Å²) in [5.41, 5.74) is 2.69. The standard InChI is InChI=1S/C24H27N3O4/c1-30-20-7-8-21-18(17-31-22(21)16-20)15-23(28)25-10-9-24(29)27-13-11-26(12-14-27)19-5-3-2-4-6-19/h2-8,16-17H,9-15H2,1H3,(H,25,28). The van der Waals surface area contributed by atoms with Gasteiger partial charge in [0, 0.05) is 61.8 Å². The predicted molar refractivity (Wildman–Crippen MR) is 119 cm³/mol. The number of fused-ring (bicyclic) bond motifs is 1. The van der Waals surface area contributed by atoms with E-state index in [-0.39, 0.29) is 18.2 Å². The molecule has 31 heavy (non-hydrogen) atoms. The molecular weight excluding hydrogens is 394 g/mol. The third-order valence-corrected chi connectivity index (χ3v) is 5.63. The fourth-order valence-corrected chi connectivity index (χ4v) is 3.88.